The van der Waals surface area contributed by atoms with Crippen molar-refractivity contribution in [1.82, 2.24) is 10.2 Å². The van der Waals surface area contributed by atoms with Crippen LogP contribution in [0.4, 0.5) is 0 Å². The highest BCUT2D eigenvalue weighted by atomic mass is 79.9. The fraction of sp³-hybridized carbons (Fsp3) is 0.310. The summed E-state index contributed by atoms with van der Waals surface area (Å²) in [6, 6.07) is 22.5. The minimum Gasteiger partial charge on any atom is -0.354 e. The SMILES string of the molecule is CC(C)CNC(=O)[C@H](Cc1ccccc1)N(Cc1ccc(Br)cc1)C(=O)CSCc1ccc(Cl)c(Cl)c1. The first-order valence-corrected chi connectivity index (χ1v) is 14.8. The third kappa shape index (κ3) is 9.68. The number of hydrogen-bond donors (Lipinski definition) is 1. The zero-order chi connectivity index (χ0) is 26.8. The summed E-state index contributed by atoms with van der Waals surface area (Å²) in [7, 11) is 0. The Labute approximate surface area is 242 Å². The Morgan fingerprint density at radius 2 is 1.59 bits per heavy atom. The van der Waals surface area contributed by atoms with E-state index >= 15 is 0 Å². The molecule has 196 valence electrons. The Morgan fingerprint density at radius 1 is 0.919 bits per heavy atom. The lowest BCUT2D eigenvalue weighted by atomic mass is 10.0. The second-order valence-electron chi connectivity index (χ2n) is 9.23. The van der Waals surface area contributed by atoms with Crippen LogP contribution < -0.4 is 5.32 Å². The van der Waals surface area contributed by atoms with Crippen LogP contribution in [-0.2, 0) is 28.3 Å². The molecular formula is C29H31BrCl2N2O2S. The standard InChI is InChI=1S/C29H31BrCl2N2O2S/c1-20(2)16-33-29(36)27(15-21-6-4-3-5-7-21)34(17-22-8-11-24(30)12-9-22)28(35)19-37-18-23-10-13-25(31)26(32)14-23/h3-14,20,27H,15-19H2,1-2H3,(H,33,36)/t27-/m0/s1. The molecule has 3 rings (SSSR count). The molecular weight excluding hydrogens is 591 g/mol. The van der Waals surface area contributed by atoms with Gasteiger partial charge >= 0.3 is 0 Å². The maximum Gasteiger partial charge on any atom is 0.243 e. The Bertz CT molecular complexity index is 1180. The van der Waals surface area contributed by atoms with Crippen LogP contribution in [0.25, 0.3) is 0 Å². The second-order valence-corrected chi connectivity index (χ2v) is 11.9. The van der Waals surface area contributed by atoms with Crippen molar-refractivity contribution in [2.24, 2.45) is 5.92 Å². The van der Waals surface area contributed by atoms with Crippen LogP contribution in [0, 0.1) is 5.92 Å². The molecule has 37 heavy (non-hydrogen) atoms. The monoisotopic (exact) mass is 620 g/mol. The highest BCUT2D eigenvalue weighted by Gasteiger charge is 2.30. The Hall–Kier alpha value is -1.99. The van der Waals surface area contributed by atoms with E-state index in [1.165, 1.54) is 11.8 Å². The van der Waals surface area contributed by atoms with Crippen molar-refractivity contribution in [2.45, 2.75) is 38.6 Å². The number of thioether (sulfide) groups is 1. The van der Waals surface area contributed by atoms with Gasteiger partial charge in [0.1, 0.15) is 6.04 Å². The summed E-state index contributed by atoms with van der Waals surface area (Å²) in [6.07, 6.45) is 0.435. The molecule has 0 radical (unpaired) electrons. The molecule has 2 amide bonds. The number of nitrogens with zero attached hydrogens (tertiary/aromatic N) is 1. The second kappa shape index (κ2) is 14.8. The minimum absolute atomic E-state index is 0.0893. The quantitative estimate of drug-likeness (QED) is 0.229. The third-order valence-corrected chi connectivity index (χ3v) is 7.96. The van der Waals surface area contributed by atoms with Crippen molar-refractivity contribution in [3.63, 3.8) is 0 Å². The molecule has 0 saturated carbocycles. The highest BCUT2D eigenvalue weighted by molar-refractivity contribution is 9.10. The van der Waals surface area contributed by atoms with E-state index in [0.29, 0.717) is 41.2 Å². The molecule has 0 bridgehead atoms. The van der Waals surface area contributed by atoms with Crippen LogP contribution in [-0.4, -0.2) is 35.1 Å². The van der Waals surface area contributed by atoms with Crippen LogP contribution in [0.3, 0.4) is 0 Å². The van der Waals surface area contributed by atoms with Gasteiger partial charge in [-0.2, -0.15) is 0 Å². The number of halogens is 3. The molecule has 0 unspecified atom stereocenters. The molecule has 0 aliphatic heterocycles. The first kappa shape index (κ1) is 29.6. The molecule has 3 aromatic rings. The molecule has 0 aliphatic rings. The van der Waals surface area contributed by atoms with E-state index in [-0.39, 0.29) is 17.6 Å². The summed E-state index contributed by atoms with van der Waals surface area (Å²) >= 11 is 17.1. The molecule has 3 aromatic carbocycles. The van der Waals surface area contributed by atoms with Gasteiger partial charge in [-0.15, -0.1) is 11.8 Å². The summed E-state index contributed by atoms with van der Waals surface area (Å²) in [5.74, 6) is 0.918. The number of amides is 2. The van der Waals surface area contributed by atoms with Crippen molar-refractivity contribution in [3.05, 3.63) is 104 Å². The predicted octanol–water partition coefficient (Wildman–Crippen LogP) is 7.40. The number of rotatable bonds is 12. The van der Waals surface area contributed by atoms with Gasteiger partial charge in [-0.05, 0) is 46.9 Å². The Morgan fingerprint density at radius 3 is 2.24 bits per heavy atom. The molecule has 0 aromatic heterocycles. The van der Waals surface area contributed by atoms with E-state index < -0.39 is 6.04 Å². The number of carbonyl (C=O) groups excluding carboxylic acids is 2. The number of hydrogen-bond acceptors (Lipinski definition) is 3. The van der Waals surface area contributed by atoms with Crippen LogP contribution in [0.15, 0.2) is 77.3 Å². The first-order chi connectivity index (χ1) is 17.7. The Kier molecular flexibility index (Phi) is 11.8. The Balaban J connectivity index is 1.83. The van der Waals surface area contributed by atoms with Gasteiger partial charge in [0.2, 0.25) is 11.8 Å². The van der Waals surface area contributed by atoms with Crippen LogP contribution >= 0.6 is 50.9 Å². The maximum atomic E-state index is 13.7. The summed E-state index contributed by atoms with van der Waals surface area (Å²) in [5, 5.41) is 4.05. The molecule has 8 heteroatoms. The zero-order valence-electron chi connectivity index (χ0n) is 20.9. The molecule has 0 heterocycles. The molecule has 0 fully saturated rings. The predicted molar refractivity (Wildman–Crippen MR) is 159 cm³/mol. The summed E-state index contributed by atoms with van der Waals surface area (Å²) in [5.41, 5.74) is 2.95. The van der Waals surface area contributed by atoms with E-state index in [4.69, 9.17) is 23.2 Å². The highest BCUT2D eigenvalue weighted by Crippen LogP contribution is 2.25. The van der Waals surface area contributed by atoms with Crippen LogP contribution in [0.1, 0.15) is 30.5 Å². The van der Waals surface area contributed by atoms with Crippen LogP contribution in [0.2, 0.25) is 10.0 Å². The third-order valence-electron chi connectivity index (χ3n) is 5.70. The van der Waals surface area contributed by atoms with Gasteiger partial charge in [0.15, 0.2) is 0 Å². The molecule has 4 nitrogen and oxygen atoms in total. The van der Waals surface area contributed by atoms with E-state index in [2.05, 4.69) is 35.1 Å². The van der Waals surface area contributed by atoms with Crippen molar-refractivity contribution in [2.75, 3.05) is 12.3 Å². The maximum absolute atomic E-state index is 13.7. The van der Waals surface area contributed by atoms with Crippen molar-refractivity contribution in [3.8, 4) is 0 Å². The van der Waals surface area contributed by atoms with Gasteiger partial charge in [0, 0.05) is 29.7 Å². The van der Waals surface area contributed by atoms with E-state index in [9.17, 15) is 9.59 Å². The van der Waals surface area contributed by atoms with Gasteiger partial charge < -0.3 is 10.2 Å². The normalized spacial score (nSPS) is 11.8. The summed E-state index contributed by atoms with van der Waals surface area (Å²) < 4.78 is 0.960. The molecule has 0 aliphatic carbocycles. The average molecular weight is 622 g/mol. The lowest BCUT2D eigenvalue weighted by molar-refractivity contribution is -0.139. The fourth-order valence-electron chi connectivity index (χ4n) is 3.73. The number of benzene rings is 3. The molecule has 0 spiro atoms. The number of carbonyl (C=O) groups is 2. The lowest BCUT2D eigenvalue weighted by Gasteiger charge is -2.32. The van der Waals surface area contributed by atoms with Gasteiger partial charge in [-0.1, -0.05) is 102 Å². The fourth-order valence-corrected chi connectivity index (χ4v) is 5.17. The van der Waals surface area contributed by atoms with Gasteiger partial charge in [-0.25, -0.2) is 0 Å². The van der Waals surface area contributed by atoms with E-state index in [0.717, 1.165) is 21.2 Å². The summed E-state index contributed by atoms with van der Waals surface area (Å²) in [6.45, 7) is 5.00. The first-order valence-electron chi connectivity index (χ1n) is 12.1. The smallest absolute Gasteiger partial charge is 0.243 e. The lowest BCUT2D eigenvalue weighted by Crippen LogP contribution is -2.51. The minimum atomic E-state index is -0.636. The van der Waals surface area contributed by atoms with E-state index in [1.54, 1.807) is 11.0 Å². The van der Waals surface area contributed by atoms with Crippen molar-refractivity contribution >= 4 is 62.7 Å². The topological polar surface area (TPSA) is 49.4 Å². The van der Waals surface area contributed by atoms with Gasteiger partial charge in [0.25, 0.3) is 0 Å². The summed E-state index contributed by atoms with van der Waals surface area (Å²) in [4.78, 5) is 28.8. The largest absolute Gasteiger partial charge is 0.354 e. The van der Waals surface area contributed by atoms with Crippen molar-refractivity contribution < 1.29 is 9.59 Å². The van der Waals surface area contributed by atoms with Gasteiger partial charge in [0.05, 0.1) is 15.8 Å². The average Bonchev–Trinajstić information content (AvgIpc) is 2.88. The van der Waals surface area contributed by atoms with Crippen LogP contribution in [0.5, 0.6) is 0 Å². The molecule has 0 saturated heterocycles. The van der Waals surface area contributed by atoms with Crippen molar-refractivity contribution in [1.29, 1.82) is 0 Å². The van der Waals surface area contributed by atoms with Gasteiger partial charge in [-0.3, -0.25) is 9.59 Å². The number of nitrogens with one attached hydrogen (secondary N) is 1. The molecule has 1 atom stereocenters. The zero-order valence-corrected chi connectivity index (χ0v) is 24.8. The van der Waals surface area contributed by atoms with E-state index in [1.807, 2.05) is 66.7 Å². The molecule has 1 N–H and O–H groups in total.